The number of benzene rings is 1. The third-order valence-electron chi connectivity index (χ3n) is 2.16. The number of nitrogens with one attached hydrogen (secondary N) is 2. The Morgan fingerprint density at radius 2 is 1.89 bits per heavy atom. The Bertz CT molecular complexity index is 463. The Morgan fingerprint density at radius 3 is 2.42 bits per heavy atom. The maximum Gasteiger partial charge on any atom is 0.321 e. The number of rotatable bonds is 4. The topological polar surface area (TPSA) is 58.2 Å². The lowest BCUT2D eigenvalue weighted by Crippen LogP contribution is -2.42. The second-order valence-corrected chi connectivity index (χ2v) is 5.83. The van der Waals surface area contributed by atoms with Gasteiger partial charge in [-0.25, -0.2) is 4.79 Å². The van der Waals surface area contributed by atoms with Gasteiger partial charge in [0, 0.05) is 11.4 Å². The molecule has 4 nitrogen and oxygen atoms in total. The first-order valence-corrected chi connectivity index (χ1v) is 7.28. The molecule has 2 N–H and O–H groups in total. The van der Waals surface area contributed by atoms with E-state index in [0.29, 0.717) is 21.5 Å². The van der Waals surface area contributed by atoms with Crippen LogP contribution in [-0.2, 0) is 4.79 Å². The van der Waals surface area contributed by atoms with Crippen LogP contribution in [0.15, 0.2) is 23.1 Å². The first-order chi connectivity index (χ1) is 8.95. The predicted molar refractivity (Wildman–Crippen MR) is 79.0 cm³/mol. The highest BCUT2D eigenvalue weighted by Crippen LogP contribution is 2.36. The van der Waals surface area contributed by atoms with Crippen molar-refractivity contribution in [3.05, 3.63) is 28.2 Å². The smallest absolute Gasteiger partial charge is 0.321 e. The van der Waals surface area contributed by atoms with E-state index in [2.05, 4.69) is 10.6 Å². The monoisotopic (exact) mass is 320 g/mol. The van der Waals surface area contributed by atoms with Crippen LogP contribution in [0.1, 0.15) is 13.8 Å². The second-order valence-electron chi connectivity index (χ2n) is 3.66. The van der Waals surface area contributed by atoms with Crippen LogP contribution in [0, 0.1) is 0 Å². The van der Waals surface area contributed by atoms with Crippen molar-refractivity contribution in [2.75, 3.05) is 6.54 Å². The second kappa shape index (κ2) is 7.62. The Labute approximate surface area is 126 Å². The number of carbonyl (C=O) groups is 2. The third kappa shape index (κ3) is 4.93. The molecule has 0 aliphatic heterocycles. The molecule has 0 spiro atoms. The van der Waals surface area contributed by atoms with Crippen molar-refractivity contribution in [1.29, 1.82) is 0 Å². The van der Waals surface area contributed by atoms with E-state index in [4.69, 9.17) is 23.2 Å². The summed E-state index contributed by atoms with van der Waals surface area (Å²) in [6.45, 7) is 3.90. The number of amides is 3. The molecule has 1 rings (SSSR count). The van der Waals surface area contributed by atoms with Crippen molar-refractivity contribution in [3.8, 4) is 0 Å². The number of carbonyl (C=O) groups excluding carboxylic acids is 2. The van der Waals surface area contributed by atoms with Crippen LogP contribution in [0.25, 0.3) is 0 Å². The van der Waals surface area contributed by atoms with Gasteiger partial charge in [-0.05, 0) is 26.0 Å². The number of imide groups is 1. The molecular formula is C12H14Cl2N2O2S. The zero-order valence-corrected chi connectivity index (χ0v) is 12.8. The molecule has 0 saturated carbocycles. The molecule has 0 saturated heterocycles. The van der Waals surface area contributed by atoms with Crippen LogP contribution in [0.4, 0.5) is 4.79 Å². The van der Waals surface area contributed by atoms with E-state index in [1.807, 2.05) is 0 Å². The first-order valence-electron chi connectivity index (χ1n) is 5.65. The molecule has 0 aliphatic carbocycles. The van der Waals surface area contributed by atoms with E-state index >= 15 is 0 Å². The maximum atomic E-state index is 11.8. The van der Waals surface area contributed by atoms with Crippen molar-refractivity contribution >= 4 is 46.9 Å². The van der Waals surface area contributed by atoms with Gasteiger partial charge in [0.1, 0.15) is 0 Å². The number of urea groups is 1. The lowest BCUT2D eigenvalue weighted by molar-refractivity contribution is -0.119. The standard InChI is InChI=1S/C12H14Cl2N2O2S/c1-3-15-12(18)16-11(17)7(2)19-10-8(13)5-4-6-9(10)14/h4-7H,3H2,1-2H3,(H2,15,16,17,18). The highest BCUT2D eigenvalue weighted by atomic mass is 35.5. The maximum absolute atomic E-state index is 11.8. The van der Waals surface area contributed by atoms with Gasteiger partial charge in [0.25, 0.3) is 0 Å². The van der Waals surface area contributed by atoms with E-state index in [9.17, 15) is 9.59 Å². The molecule has 0 aliphatic rings. The van der Waals surface area contributed by atoms with Crippen LogP contribution in [-0.4, -0.2) is 23.7 Å². The molecule has 1 aromatic carbocycles. The minimum atomic E-state index is -0.509. The summed E-state index contributed by atoms with van der Waals surface area (Å²) in [7, 11) is 0. The molecule has 104 valence electrons. The SMILES string of the molecule is CCNC(=O)NC(=O)C(C)Sc1c(Cl)cccc1Cl. The summed E-state index contributed by atoms with van der Waals surface area (Å²) in [5.74, 6) is -0.396. The molecule has 7 heteroatoms. The molecule has 0 heterocycles. The molecule has 1 aromatic rings. The molecule has 0 bridgehead atoms. The third-order valence-corrected chi connectivity index (χ3v) is 4.25. The summed E-state index contributed by atoms with van der Waals surface area (Å²) >= 11 is 13.2. The van der Waals surface area contributed by atoms with Gasteiger partial charge in [0.2, 0.25) is 5.91 Å². The van der Waals surface area contributed by atoms with Crippen molar-refractivity contribution in [2.45, 2.75) is 24.0 Å². The molecule has 0 fully saturated rings. The minimum Gasteiger partial charge on any atom is -0.338 e. The predicted octanol–water partition coefficient (Wildman–Crippen LogP) is 3.32. The Hall–Kier alpha value is -0.910. The fraction of sp³-hybridized carbons (Fsp3) is 0.333. The lowest BCUT2D eigenvalue weighted by atomic mass is 10.4. The average molecular weight is 321 g/mol. The van der Waals surface area contributed by atoms with Crippen molar-refractivity contribution in [1.82, 2.24) is 10.6 Å². The van der Waals surface area contributed by atoms with Gasteiger partial charge in [-0.15, -0.1) is 11.8 Å². The van der Waals surface area contributed by atoms with E-state index in [1.165, 1.54) is 11.8 Å². The summed E-state index contributed by atoms with van der Waals surface area (Å²) in [4.78, 5) is 23.6. The van der Waals surface area contributed by atoms with Crippen molar-refractivity contribution < 1.29 is 9.59 Å². The van der Waals surface area contributed by atoms with Gasteiger partial charge in [-0.3, -0.25) is 10.1 Å². The molecule has 1 atom stereocenters. The van der Waals surface area contributed by atoms with Crippen molar-refractivity contribution in [2.24, 2.45) is 0 Å². The van der Waals surface area contributed by atoms with Gasteiger partial charge in [-0.1, -0.05) is 29.3 Å². The van der Waals surface area contributed by atoms with E-state index < -0.39 is 17.2 Å². The van der Waals surface area contributed by atoms with Gasteiger partial charge in [0.15, 0.2) is 0 Å². The van der Waals surface area contributed by atoms with E-state index in [-0.39, 0.29) is 0 Å². The summed E-state index contributed by atoms with van der Waals surface area (Å²) in [5.41, 5.74) is 0. The van der Waals surface area contributed by atoms with E-state index in [0.717, 1.165) is 0 Å². The number of thioether (sulfide) groups is 1. The van der Waals surface area contributed by atoms with Crippen LogP contribution in [0.5, 0.6) is 0 Å². The number of halogens is 2. The zero-order valence-electron chi connectivity index (χ0n) is 10.5. The summed E-state index contributed by atoms with van der Waals surface area (Å²) in [6.07, 6.45) is 0. The molecule has 19 heavy (non-hydrogen) atoms. The largest absolute Gasteiger partial charge is 0.338 e. The van der Waals surface area contributed by atoms with Crippen molar-refractivity contribution in [3.63, 3.8) is 0 Å². The van der Waals surface area contributed by atoms with Crippen LogP contribution in [0.2, 0.25) is 10.0 Å². The molecular weight excluding hydrogens is 307 g/mol. The Kier molecular flexibility index (Phi) is 6.48. The molecule has 0 aromatic heterocycles. The highest BCUT2D eigenvalue weighted by Gasteiger charge is 2.19. The molecule has 3 amide bonds. The fourth-order valence-electron chi connectivity index (χ4n) is 1.24. The van der Waals surface area contributed by atoms with Crippen LogP contribution in [0.3, 0.4) is 0 Å². The molecule has 0 radical (unpaired) electrons. The zero-order chi connectivity index (χ0) is 14.4. The number of hydrogen-bond acceptors (Lipinski definition) is 3. The van der Waals surface area contributed by atoms with E-state index in [1.54, 1.807) is 32.0 Å². The number of hydrogen-bond donors (Lipinski definition) is 2. The summed E-state index contributed by atoms with van der Waals surface area (Å²) in [5, 5.41) is 5.21. The summed E-state index contributed by atoms with van der Waals surface area (Å²) < 4.78 is 0. The summed E-state index contributed by atoms with van der Waals surface area (Å²) in [6, 6.07) is 4.62. The van der Waals surface area contributed by atoms with Crippen LogP contribution < -0.4 is 10.6 Å². The minimum absolute atomic E-state index is 0.396. The quantitative estimate of drug-likeness (QED) is 0.837. The lowest BCUT2D eigenvalue weighted by Gasteiger charge is -2.13. The van der Waals surface area contributed by atoms with Gasteiger partial charge in [-0.2, -0.15) is 0 Å². The van der Waals surface area contributed by atoms with Crippen LogP contribution >= 0.6 is 35.0 Å². The Morgan fingerprint density at radius 1 is 1.32 bits per heavy atom. The molecule has 1 unspecified atom stereocenters. The first kappa shape index (κ1) is 16.1. The Balaban J connectivity index is 2.66. The highest BCUT2D eigenvalue weighted by molar-refractivity contribution is 8.00. The fourth-order valence-corrected chi connectivity index (χ4v) is 2.79. The van der Waals surface area contributed by atoms with Gasteiger partial charge in [0.05, 0.1) is 15.3 Å². The normalized spacial score (nSPS) is 11.8. The van der Waals surface area contributed by atoms with Gasteiger partial charge < -0.3 is 5.32 Å². The average Bonchev–Trinajstić information content (AvgIpc) is 2.34. The van der Waals surface area contributed by atoms with Gasteiger partial charge >= 0.3 is 6.03 Å².